The van der Waals surface area contributed by atoms with Crippen LogP contribution in [0.5, 0.6) is 0 Å². The highest BCUT2D eigenvalue weighted by Crippen LogP contribution is 2.25. The Morgan fingerprint density at radius 1 is 0.944 bits per heavy atom. The van der Waals surface area contributed by atoms with E-state index in [9.17, 15) is 0 Å². The molecule has 3 rings (SSSR count). The van der Waals surface area contributed by atoms with Crippen LogP contribution in [-0.4, -0.2) is 9.97 Å². The van der Waals surface area contributed by atoms with E-state index in [1.54, 1.807) is 0 Å². The Balaban J connectivity index is 2.16. The van der Waals surface area contributed by atoms with Crippen LogP contribution in [-0.2, 0) is 0 Å². The zero-order valence-electron chi connectivity index (χ0n) is 9.89. The largest absolute Gasteiger partial charge is 0.259 e. The van der Waals surface area contributed by atoms with Crippen LogP contribution in [0.25, 0.3) is 22.0 Å². The lowest BCUT2D eigenvalue weighted by atomic mass is 10.1. The first kappa shape index (κ1) is 11.2. The van der Waals surface area contributed by atoms with Crippen LogP contribution in [0.1, 0.15) is 5.69 Å². The molecule has 0 saturated heterocycles. The predicted octanol–water partition coefficient (Wildman–Crippen LogP) is 4.26. The van der Waals surface area contributed by atoms with Crippen molar-refractivity contribution in [1.82, 2.24) is 9.97 Å². The van der Waals surface area contributed by atoms with Crippen molar-refractivity contribution < 1.29 is 0 Å². The lowest BCUT2D eigenvalue weighted by Gasteiger charge is -2.05. The average molecular weight is 255 g/mol. The number of hydrogen-bond donors (Lipinski definition) is 0. The van der Waals surface area contributed by atoms with Gasteiger partial charge >= 0.3 is 0 Å². The molecule has 0 aliphatic rings. The normalized spacial score (nSPS) is 10.8. The van der Waals surface area contributed by atoms with Crippen molar-refractivity contribution in [2.75, 3.05) is 0 Å². The van der Waals surface area contributed by atoms with E-state index in [1.165, 1.54) is 0 Å². The monoisotopic (exact) mass is 254 g/mol. The van der Waals surface area contributed by atoms with Gasteiger partial charge in [0.15, 0.2) is 0 Å². The standard InChI is InChI=1S/C15H11ClN2/c1-10-14(16)7-13(8-17-10)12-6-11-4-2-3-5-15(11)18-9-12/h2-9H,1H3. The first-order valence-corrected chi connectivity index (χ1v) is 6.09. The number of hydrogen-bond acceptors (Lipinski definition) is 2. The number of aryl methyl sites for hydroxylation is 1. The SMILES string of the molecule is Cc1ncc(-c2cnc3ccccc3c2)cc1Cl. The van der Waals surface area contributed by atoms with Crippen LogP contribution < -0.4 is 0 Å². The zero-order chi connectivity index (χ0) is 12.5. The number of benzene rings is 1. The van der Waals surface area contributed by atoms with Crippen molar-refractivity contribution in [3.05, 3.63) is 59.5 Å². The first-order valence-electron chi connectivity index (χ1n) is 5.71. The minimum absolute atomic E-state index is 0.681. The molecule has 2 nitrogen and oxygen atoms in total. The third kappa shape index (κ3) is 1.95. The Labute approximate surface area is 110 Å². The Kier molecular flexibility index (Phi) is 2.73. The highest BCUT2D eigenvalue weighted by Gasteiger charge is 2.03. The van der Waals surface area contributed by atoms with Gasteiger partial charge < -0.3 is 0 Å². The Morgan fingerprint density at radius 2 is 1.67 bits per heavy atom. The smallest absolute Gasteiger partial charge is 0.0702 e. The number of para-hydroxylation sites is 1. The van der Waals surface area contributed by atoms with Crippen LogP contribution in [0.15, 0.2) is 48.8 Å². The van der Waals surface area contributed by atoms with E-state index in [2.05, 4.69) is 22.1 Å². The van der Waals surface area contributed by atoms with Gasteiger partial charge in [0.25, 0.3) is 0 Å². The van der Waals surface area contributed by atoms with Crippen molar-refractivity contribution in [2.24, 2.45) is 0 Å². The van der Waals surface area contributed by atoms with E-state index in [-0.39, 0.29) is 0 Å². The molecule has 0 amide bonds. The summed E-state index contributed by atoms with van der Waals surface area (Å²) in [6, 6.07) is 12.1. The number of aromatic nitrogens is 2. The molecule has 0 bridgehead atoms. The van der Waals surface area contributed by atoms with E-state index < -0.39 is 0 Å². The molecule has 1 aromatic carbocycles. The summed E-state index contributed by atoms with van der Waals surface area (Å²) < 4.78 is 0. The van der Waals surface area contributed by atoms with Gasteiger partial charge in [-0.1, -0.05) is 29.8 Å². The van der Waals surface area contributed by atoms with Crippen molar-refractivity contribution in [3.8, 4) is 11.1 Å². The Bertz CT molecular complexity index is 723. The van der Waals surface area contributed by atoms with Gasteiger partial charge in [0, 0.05) is 28.9 Å². The van der Waals surface area contributed by atoms with Crippen LogP contribution in [0.3, 0.4) is 0 Å². The number of pyridine rings is 2. The van der Waals surface area contributed by atoms with Gasteiger partial charge in [-0.25, -0.2) is 0 Å². The number of halogens is 1. The molecule has 3 aromatic rings. The summed E-state index contributed by atoms with van der Waals surface area (Å²) in [6.07, 6.45) is 3.68. The highest BCUT2D eigenvalue weighted by atomic mass is 35.5. The van der Waals surface area contributed by atoms with Gasteiger partial charge in [0.1, 0.15) is 0 Å². The van der Waals surface area contributed by atoms with Crippen molar-refractivity contribution in [1.29, 1.82) is 0 Å². The Hall–Kier alpha value is -1.93. The molecule has 0 aliphatic heterocycles. The predicted molar refractivity (Wildman–Crippen MR) is 74.7 cm³/mol. The quantitative estimate of drug-likeness (QED) is 0.648. The molecular weight excluding hydrogens is 244 g/mol. The van der Waals surface area contributed by atoms with Gasteiger partial charge in [-0.05, 0) is 25.1 Å². The molecule has 88 valence electrons. The molecule has 0 unspecified atom stereocenters. The molecule has 0 fully saturated rings. The van der Waals surface area contributed by atoms with Gasteiger partial charge in [0.2, 0.25) is 0 Å². The summed E-state index contributed by atoms with van der Waals surface area (Å²) >= 11 is 6.10. The molecule has 3 heteroatoms. The summed E-state index contributed by atoms with van der Waals surface area (Å²) in [5, 5.41) is 1.80. The second kappa shape index (κ2) is 4.39. The molecule has 2 aromatic heterocycles. The summed E-state index contributed by atoms with van der Waals surface area (Å²) in [7, 11) is 0. The lowest BCUT2D eigenvalue weighted by molar-refractivity contribution is 1.20. The van der Waals surface area contributed by atoms with Gasteiger partial charge in [-0.3, -0.25) is 9.97 Å². The zero-order valence-corrected chi connectivity index (χ0v) is 10.6. The minimum atomic E-state index is 0.681. The van der Waals surface area contributed by atoms with E-state index in [0.29, 0.717) is 5.02 Å². The summed E-state index contributed by atoms with van der Waals surface area (Å²) in [5.74, 6) is 0. The molecule has 0 aliphatic carbocycles. The van der Waals surface area contributed by atoms with E-state index >= 15 is 0 Å². The molecule has 0 radical (unpaired) electrons. The fraction of sp³-hybridized carbons (Fsp3) is 0.0667. The third-order valence-corrected chi connectivity index (χ3v) is 3.33. The van der Waals surface area contributed by atoms with E-state index in [0.717, 1.165) is 27.7 Å². The molecule has 0 spiro atoms. The Morgan fingerprint density at radius 3 is 2.50 bits per heavy atom. The molecule has 0 saturated carbocycles. The fourth-order valence-corrected chi connectivity index (χ4v) is 2.06. The molecule has 2 heterocycles. The molecular formula is C15H11ClN2. The lowest BCUT2D eigenvalue weighted by Crippen LogP contribution is -1.87. The summed E-state index contributed by atoms with van der Waals surface area (Å²) in [6.45, 7) is 1.89. The maximum Gasteiger partial charge on any atom is 0.0702 e. The number of rotatable bonds is 1. The van der Waals surface area contributed by atoms with E-state index in [4.69, 9.17) is 11.6 Å². The topological polar surface area (TPSA) is 25.8 Å². The molecule has 18 heavy (non-hydrogen) atoms. The first-order chi connectivity index (χ1) is 8.74. The second-order valence-corrected chi connectivity index (χ2v) is 4.62. The summed E-state index contributed by atoms with van der Waals surface area (Å²) in [4.78, 5) is 8.71. The minimum Gasteiger partial charge on any atom is -0.259 e. The van der Waals surface area contributed by atoms with E-state index in [1.807, 2.05) is 43.6 Å². The highest BCUT2D eigenvalue weighted by molar-refractivity contribution is 6.31. The van der Waals surface area contributed by atoms with Gasteiger partial charge in [-0.15, -0.1) is 0 Å². The van der Waals surface area contributed by atoms with Crippen LogP contribution in [0.2, 0.25) is 5.02 Å². The summed E-state index contributed by atoms with van der Waals surface area (Å²) in [5.41, 5.74) is 3.86. The maximum atomic E-state index is 6.10. The van der Waals surface area contributed by atoms with Crippen LogP contribution >= 0.6 is 11.6 Å². The van der Waals surface area contributed by atoms with Crippen molar-refractivity contribution >= 4 is 22.5 Å². The van der Waals surface area contributed by atoms with Crippen LogP contribution in [0.4, 0.5) is 0 Å². The molecule has 0 N–H and O–H groups in total. The van der Waals surface area contributed by atoms with Crippen molar-refractivity contribution in [3.63, 3.8) is 0 Å². The van der Waals surface area contributed by atoms with Crippen molar-refractivity contribution in [2.45, 2.75) is 6.92 Å². The second-order valence-electron chi connectivity index (χ2n) is 4.21. The fourth-order valence-electron chi connectivity index (χ4n) is 1.89. The van der Waals surface area contributed by atoms with Gasteiger partial charge in [-0.2, -0.15) is 0 Å². The number of nitrogens with zero attached hydrogens (tertiary/aromatic N) is 2. The maximum absolute atomic E-state index is 6.10. The number of fused-ring (bicyclic) bond motifs is 1. The van der Waals surface area contributed by atoms with Gasteiger partial charge in [0.05, 0.1) is 16.2 Å². The molecule has 0 atom stereocenters. The van der Waals surface area contributed by atoms with Crippen LogP contribution in [0, 0.1) is 6.92 Å². The average Bonchev–Trinajstić information content (AvgIpc) is 2.41. The third-order valence-electron chi connectivity index (χ3n) is 2.95.